The monoisotopic (exact) mass is 387 g/mol. The Morgan fingerprint density at radius 1 is 1.14 bits per heavy atom. The van der Waals surface area contributed by atoms with Crippen molar-refractivity contribution in [1.82, 2.24) is 9.97 Å². The number of hydrogen-bond acceptors (Lipinski definition) is 8. The van der Waals surface area contributed by atoms with Gasteiger partial charge in [0.2, 0.25) is 11.6 Å². The highest BCUT2D eigenvalue weighted by molar-refractivity contribution is 5.88. The largest absolute Gasteiger partial charge is 0.481 e. The molecule has 1 saturated heterocycles. The SMILES string of the molecule is O=C(O)c1ccc(Nc2ncnc(N3CCC(C(=O)O)CC3)c2[N+](=O)[O-])cc1. The summed E-state index contributed by atoms with van der Waals surface area (Å²) in [5.41, 5.74) is 0.200. The molecule has 1 aromatic heterocycles. The molecule has 0 aliphatic carbocycles. The van der Waals surface area contributed by atoms with Crippen molar-refractivity contribution >= 4 is 34.9 Å². The number of aromatic carboxylic acids is 1. The zero-order valence-electron chi connectivity index (χ0n) is 14.6. The van der Waals surface area contributed by atoms with Crippen molar-refractivity contribution in [3.63, 3.8) is 0 Å². The van der Waals surface area contributed by atoms with Gasteiger partial charge in [-0.3, -0.25) is 14.9 Å². The fourth-order valence-corrected chi connectivity index (χ4v) is 3.03. The van der Waals surface area contributed by atoms with Gasteiger partial charge in [0.05, 0.1) is 16.4 Å². The van der Waals surface area contributed by atoms with Gasteiger partial charge in [-0.15, -0.1) is 0 Å². The van der Waals surface area contributed by atoms with Crippen LogP contribution in [0.5, 0.6) is 0 Å². The zero-order chi connectivity index (χ0) is 20.3. The third-order valence-electron chi connectivity index (χ3n) is 4.52. The van der Waals surface area contributed by atoms with Crippen molar-refractivity contribution in [2.24, 2.45) is 5.92 Å². The standard InChI is InChI=1S/C17H17N5O6/c23-16(24)10-1-3-12(4-2-10)20-14-13(22(27)28)15(19-9-18-14)21-7-5-11(6-8-21)17(25)26/h1-4,9,11H,5-8H2,(H,23,24)(H,25,26)(H,18,19,20). The Labute approximate surface area is 158 Å². The molecule has 2 heterocycles. The maximum atomic E-state index is 11.7. The lowest BCUT2D eigenvalue weighted by Crippen LogP contribution is -2.37. The van der Waals surface area contributed by atoms with Gasteiger partial charge in [0.1, 0.15) is 6.33 Å². The van der Waals surface area contributed by atoms with Crippen molar-refractivity contribution < 1.29 is 24.7 Å². The van der Waals surface area contributed by atoms with E-state index in [1.165, 1.54) is 30.6 Å². The molecule has 1 aliphatic heterocycles. The molecule has 2 aromatic rings. The molecule has 1 aromatic carbocycles. The summed E-state index contributed by atoms with van der Waals surface area (Å²) in [6.45, 7) is 0.670. The molecule has 0 bridgehead atoms. The number of carboxylic acids is 2. The van der Waals surface area contributed by atoms with Gasteiger partial charge in [0.15, 0.2) is 0 Å². The maximum Gasteiger partial charge on any atom is 0.353 e. The first-order valence-corrected chi connectivity index (χ1v) is 8.44. The zero-order valence-corrected chi connectivity index (χ0v) is 14.6. The van der Waals surface area contributed by atoms with Gasteiger partial charge in [-0.25, -0.2) is 14.8 Å². The number of carboxylic acid groups (broad SMARTS) is 2. The lowest BCUT2D eigenvalue weighted by molar-refractivity contribution is -0.383. The number of carbonyl (C=O) groups is 2. The third kappa shape index (κ3) is 3.98. The van der Waals surface area contributed by atoms with E-state index in [9.17, 15) is 19.7 Å². The summed E-state index contributed by atoms with van der Waals surface area (Å²) in [5, 5.41) is 32.5. The number of nitrogens with one attached hydrogen (secondary N) is 1. The van der Waals surface area contributed by atoms with E-state index in [1.54, 1.807) is 4.90 Å². The molecular weight excluding hydrogens is 370 g/mol. The second-order valence-electron chi connectivity index (χ2n) is 6.26. The summed E-state index contributed by atoms with van der Waals surface area (Å²) < 4.78 is 0. The summed E-state index contributed by atoms with van der Waals surface area (Å²) in [5.74, 6) is -2.33. The van der Waals surface area contributed by atoms with E-state index < -0.39 is 22.8 Å². The van der Waals surface area contributed by atoms with Crippen LogP contribution >= 0.6 is 0 Å². The summed E-state index contributed by atoms with van der Waals surface area (Å²) in [4.78, 5) is 42.8. The normalized spacial score (nSPS) is 14.5. The molecule has 1 fully saturated rings. The van der Waals surface area contributed by atoms with Gasteiger partial charge in [0.25, 0.3) is 0 Å². The number of aliphatic carboxylic acids is 1. The highest BCUT2D eigenvalue weighted by Gasteiger charge is 2.31. The Morgan fingerprint density at radius 2 is 1.79 bits per heavy atom. The number of nitro groups is 1. The minimum Gasteiger partial charge on any atom is -0.481 e. The van der Waals surface area contributed by atoms with Gasteiger partial charge in [0, 0.05) is 18.8 Å². The van der Waals surface area contributed by atoms with E-state index in [1.807, 2.05) is 0 Å². The molecule has 0 radical (unpaired) electrons. The van der Waals surface area contributed by atoms with E-state index in [0.717, 1.165) is 0 Å². The van der Waals surface area contributed by atoms with Gasteiger partial charge >= 0.3 is 17.6 Å². The molecule has 146 valence electrons. The minimum absolute atomic E-state index is 0.0292. The van der Waals surface area contributed by atoms with Crippen LogP contribution in [0.2, 0.25) is 0 Å². The minimum atomic E-state index is -1.08. The summed E-state index contributed by atoms with van der Waals surface area (Å²) >= 11 is 0. The number of nitrogens with zero attached hydrogens (tertiary/aromatic N) is 4. The Bertz CT molecular complexity index is 909. The molecule has 0 unspecified atom stereocenters. The average Bonchev–Trinajstić information content (AvgIpc) is 2.68. The number of rotatable bonds is 6. The molecule has 0 spiro atoms. The molecule has 28 heavy (non-hydrogen) atoms. The van der Waals surface area contributed by atoms with Crippen LogP contribution in [0.1, 0.15) is 23.2 Å². The number of piperidine rings is 1. The number of anilines is 3. The van der Waals surface area contributed by atoms with Crippen LogP contribution in [0.4, 0.5) is 23.0 Å². The van der Waals surface area contributed by atoms with E-state index in [4.69, 9.17) is 10.2 Å². The van der Waals surface area contributed by atoms with E-state index in [0.29, 0.717) is 31.6 Å². The van der Waals surface area contributed by atoms with Crippen LogP contribution in [0.25, 0.3) is 0 Å². The number of aromatic nitrogens is 2. The van der Waals surface area contributed by atoms with E-state index in [-0.39, 0.29) is 22.9 Å². The summed E-state index contributed by atoms with van der Waals surface area (Å²) in [6.07, 6.45) is 1.94. The summed E-state index contributed by atoms with van der Waals surface area (Å²) in [7, 11) is 0. The third-order valence-corrected chi connectivity index (χ3v) is 4.52. The van der Waals surface area contributed by atoms with Crippen LogP contribution in [0.15, 0.2) is 30.6 Å². The average molecular weight is 387 g/mol. The Balaban J connectivity index is 1.87. The van der Waals surface area contributed by atoms with Crippen molar-refractivity contribution in [2.45, 2.75) is 12.8 Å². The first-order valence-electron chi connectivity index (χ1n) is 8.44. The van der Waals surface area contributed by atoms with Crippen molar-refractivity contribution in [3.8, 4) is 0 Å². The topological polar surface area (TPSA) is 159 Å². The Morgan fingerprint density at radius 3 is 2.32 bits per heavy atom. The molecule has 0 atom stereocenters. The molecule has 1 aliphatic rings. The van der Waals surface area contributed by atoms with Crippen molar-refractivity contribution in [3.05, 3.63) is 46.3 Å². The Kier molecular flexibility index (Phi) is 5.34. The fraction of sp³-hybridized carbons (Fsp3) is 0.294. The molecular formula is C17H17N5O6. The Hall–Kier alpha value is -3.76. The lowest BCUT2D eigenvalue weighted by atomic mass is 9.97. The van der Waals surface area contributed by atoms with Crippen LogP contribution in [-0.4, -0.2) is 50.1 Å². The van der Waals surface area contributed by atoms with Crippen LogP contribution in [0.3, 0.4) is 0 Å². The van der Waals surface area contributed by atoms with Crippen LogP contribution in [0, 0.1) is 16.0 Å². The molecule has 11 heteroatoms. The first kappa shape index (κ1) is 19.0. The molecule has 11 nitrogen and oxygen atoms in total. The molecule has 3 rings (SSSR count). The van der Waals surface area contributed by atoms with Gasteiger partial charge in [-0.2, -0.15) is 0 Å². The van der Waals surface area contributed by atoms with Crippen molar-refractivity contribution in [1.29, 1.82) is 0 Å². The van der Waals surface area contributed by atoms with Crippen LogP contribution < -0.4 is 10.2 Å². The van der Waals surface area contributed by atoms with E-state index in [2.05, 4.69) is 15.3 Å². The highest BCUT2D eigenvalue weighted by atomic mass is 16.6. The van der Waals surface area contributed by atoms with Gasteiger partial charge in [-0.1, -0.05) is 0 Å². The van der Waals surface area contributed by atoms with Crippen LogP contribution in [-0.2, 0) is 4.79 Å². The lowest BCUT2D eigenvalue weighted by Gasteiger charge is -2.30. The van der Waals surface area contributed by atoms with Crippen molar-refractivity contribution in [2.75, 3.05) is 23.3 Å². The smallest absolute Gasteiger partial charge is 0.353 e. The first-order chi connectivity index (χ1) is 13.4. The fourth-order valence-electron chi connectivity index (χ4n) is 3.03. The number of hydrogen-bond donors (Lipinski definition) is 3. The maximum absolute atomic E-state index is 11.7. The molecule has 0 saturated carbocycles. The predicted octanol–water partition coefficient (Wildman–Crippen LogP) is 2.13. The molecule has 0 amide bonds. The highest BCUT2D eigenvalue weighted by Crippen LogP contribution is 2.35. The second kappa shape index (κ2) is 7.86. The summed E-state index contributed by atoms with van der Waals surface area (Å²) in [6, 6.07) is 5.70. The van der Waals surface area contributed by atoms with Gasteiger partial charge in [-0.05, 0) is 37.1 Å². The molecule has 3 N–H and O–H groups in total. The van der Waals surface area contributed by atoms with E-state index >= 15 is 0 Å². The number of benzene rings is 1. The quantitative estimate of drug-likeness (QED) is 0.495. The predicted molar refractivity (Wildman–Crippen MR) is 97.9 cm³/mol. The second-order valence-corrected chi connectivity index (χ2v) is 6.26. The van der Waals surface area contributed by atoms with Gasteiger partial charge < -0.3 is 20.4 Å².